The lowest BCUT2D eigenvalue weighted by Crippen LogP contribution is -2.35. The van der Waals surface area contributed by atoms with Crippen molar-refractivity contribution in [2.24, 2.45) is 0 Å². The number of hydrogen-bond donors (Lipinski definition) is 0. The minimum atomic E-state index is -3.88. The van der Waals surface area contributed by atoms with Crippen LogP contribution in [-0.2, 0) is 14.6 Å². The van der Waals surface area contributed by atoms with Crippen LogP contribution in [0.5, 0.6) is 5.75 Å². The number of halogens is 1. The van der Waals surface area contributed by atoms with Gasteiger partial charge < -0.3 is 14.4 Å². The van der Waals surface area contributed by atoms with Crippen LogP contribution < -0.4 is 4.74 Å². The molecule has 0 unspecified atom stereocenters. The summed E-state index contributed by atoms with van der Waals surface area (Å²) in [5.74, 6) is -0.199. The summed E-state index contributed by atoms with van der Waals surface area (Å²) in [6, 6.07) is 9.55. The zero-order valence-electron chi connectivity index (χ0n) is 17.5. The van der Waals surface area contributed by atoms with Crippen LogP contribution in [-0.4, -0.2) is 45.2 Å². The van der Waals surface area contributed by atoms with Crippen LogP contribution in [0.3, 0.4) is 0 Å². The summed E-state index contributed by atoms with van der Waals surface area (Å²) in [4.78, 5) is 13.9. The van der Waals surface area contributed by atoms with Gasteiger partial charge in [0.2, 0.25) is 9.84 Å². The van der Waals surface area contributed by atoms with E-state index in [4.69, 9.17) is 9.47 Å². The Bertz CT molecular complexity index is 1050. The van der Waals surface area contributed by atoms with Crippen molar-refractivity contribution < 1.29 is 27.1 Å². The van der Waals surface area contributed by atoms with Crippen molar-refractivity contribution in [3.05, 3.63) is 53.8 Å². The molecular weight excluding hydrogens is 409 g/mol. The van der Waals surface area contributed by atoms with Crippen LogP contribution in [0.2, 0.25) is 0 Å². The molecule has 1 saturated heterocycles. The molecule has 8 heteroatoms. The van der Waals surface area contributed by atoms with Gasteiger partial charge in [-0.05, 0) is 63.1 Å². The first kappa shape index (κ1) is 22.1. The molecule has 2 aromatic carbocycles. The average Bonchev–Trinajstić information content (AvgIpc) is 3.16. The van der Waals surface area contributed by atoms with Gasteiger partial charge in [-0.25, -0.2) is 17.6 Å². The Balaban J connectivity index is 1.84. The van der Waals surface area contributed by atoms with Crippen LogP contribution in [0, 0.1) is 5.82 Å². The Hall–Kier alpha value is -2.61. The maximum absolute atomic E-state index is 13.5. The van der Waals surface area contributed by atoms with Gasteiger partial charge in [0.05, 0.1) is 16.9 Å². The van der Waals surface area contributed by atoms with E-state index in [9.17, 15) is 17.6 Å². The molecule has 0 saturated carbocycles. The van der Waals surface area contributed by atoms with Gasteiger partial charge in [0.1, 0.15) is 17.2 Å². The summed E-state index contributed by atoms with van der Waals surface area (Å²) in [5, 5.41) is 0. The molecule has 0 bridgehead atoms. The van der Waals surface area contributed by atoms with Crippen LogP contribution in [0.25, 0.3) is 0 Å². The second-order valence-electron chi connectivity index (χ2n) is 8.28. The number of rotatable bonds is 4. The molecule has 0 radical (unpaired) electrons. The van der Waals surface area contributed by atoms with Gasteiger partial charge in [0.25, 0.3) is 0 Å². The number of likely N-dealkylation sites (tertiary alicyclic amines) is 1. The number of carbonyl (C=O) groups excluding carboxylic acids is 1. The van der Waals surface area contributed by atoms with E-state index in [1.165, 1.54) is 37.4 Å². The SMILES string of the molecule is COc1cc(S(=O)(=O)c2cccc(F)c2)ccc1[C@H]1CCN(C(=O)OC(C)(C)C)C1. The Morgan fingerprint density at radius 1 is 1.13 bits per heavy atom. The fourth-order valence-electron chi connectivity index (χ4n) is 3.47. The van der Waals surface area contributed by atoms with Crippen molar-refractivity contribution in [1.82, 2.24) is 4.90 Å². The molecule has 1 aliphatic rings. The molecule has 0 N–H and O–H groups in total. The van der Waals surface area contributed by atoms with Gasteiger partial charge in [0, 0.05) is 19.0 Å². The van der Waals surface area contributed by atoms with Crippen LogP contribution >= 0.6 is 0 Å². The van der Waals surface area contributed by atoms with Gasteiger partial charge in [-0.3, -0.25) is 0 Å². The summed E-state index contributed by atoms with van der Waals surface area (Å²) in [6.45, 7) is 6.46. The van der Waals surface area contributed by atoms with Gasteiger partial charge in [0.15, 0.2) is 0 Å². The third kappa shape index (κ3) is 4.75. The Morgan fingerprint density at radius 2 is 1.83 bits per heavy atom. The fourth-order valence-corrected chi connectivity index (χ4v) is 4.78. The van der Waals surface area contributed by atoms with E-state index in [2.05, 4.69) is 0 Å². The Labute approximate surface area is 176 Å². The van der Waals surface area contributed by atoms with E-state index in [1.807, 2.05) is 20.8 Å². The van der Waals surface area contributed by atoms with Crippen LogP contribution in [0.1, 0.15) is 38.7 Å². The predicted molar refractivity (Wildman–Crippen MR) is 110 cm³/mol. The zero-order chi connectivity index (χ0) is 22.1. The molecule has 1 atom stereocenters. The number of nitrogens with zero attached hydrogens (tertiary/aromatic N) is 1. The van der Waals surface area contributed by atoms with Crippen molar-refractivity contribution in [1.29, 1.82) is 0 Å². The van der Waals surface area contributed by atoms with Crippen molar-refractivity contribution in [3.8, 4) is 5.75 Å². The number of sulfone groups is 1. The molecule has 1 amide bonds. The lowest BCUT2D eigenvalue weighted by molar-refractivity contribution is 0.0292. The first-order chi connectivity index (χ1) is 14.0. The molecular formula is C22H26FNO5S. The summed E-state index contributed by atoms with van der Waals surface area (Å²) >= 11 is 0. The molecule has 1 heterocycles. The maximum atomic E-state index is 13.5. The lowest BCUT2D eigenvalue weighted by Gasteiger charge is -2.24. The van der Waals surface area contributed by atoms with Crippen molar-refractivity contribution in [2.75, 3.05) is 20.2 Å². The number of amides is 1. The first-order valence-corrected chi connectivity index (χ1v) is 11.2. The van der Waals surface area contributed by atoms with E-state index >= 15 is 0 Å². The monoisotopic (exact) mass is 435 g/mol. The zero-order valence-corrected chi connectivity index (χ0v) is 18.3. The summed E-state index contributed by atoms with van der Waals surface area (Å²) in [7, 11) is -2.41. The second kappa shape index (κ2) is 8.26. The molecule has 1 fully saturated rings. The summed E-state index contributed by atoms with van der Waals surface area (Å²) in [6.07, 6.45) is 0.347. The highest BCUT2D eigenvalue weighted by atomic mass is 32.2. The van der Waals surface area contributed by atoms with Gasteiger partial charge >= 0.3 is 6.09 Å². The van der Waals surface area contributed by atoms with Gasteiger partial charge in [-0.2, -0.15) is 0 Å². The molecule has 0 spiro atoms. The topological polar surface area (TPSA) is 72.9 Å². The van der Waals surface area contributed by atoms with E-state index < -0.39 is 21.3 Å². The number of benzene rings is 2. The molecule has 0 aliphatic carbocycles. The molecule has 0 aromatic heterocycles. The predicted octanol–water partition coefficient (Wildman–Crippen LogP) is 4.39. The smallest absolute Gasteiger partial charge is 0.410 e. The van der Waals surface area contributed by atoms with Crippen molar-refractivity contribution in [2.45, 2.75) is 48.5 Å². The minimum Gasteiger partial charge on any atom is -0.496 e. The Kier molecular flexibility index (Phi) is 6.08. The number of ether oxygens (including phenoxy) is 2. The standard InChI is InChI=1S/C22H26FNO5S/c1-22(2,3)29-21(25)24-11-10-15(14-24)19-9-8-18(13-20(19)28-4)30(26,27)17-7-5-6-16(23)12-17/h5-9,12-13,15H,10-11,14H2,1-4H3/t15-/m0/s1. The van der Waals surface area contributed by atoms with Gasteiger partial charge in [-0.1, -0.05) is 12.1 Å². The molecule has 3 rings (SSSR count). The number of hydrogen-bond acceptors (Lipinski definition) is 5. The van der Waals surface area contributed by atoms with Crippen LogP contribution in [0.15, 0.2) is 52.3 Å². The van der Waals surface area contributed by atoms with E-state index in [1.54, 1.807) is 11.0 Å². The normalized spacial score (nSPS) is 17.1. The molecule has 30 heavy (non-hydrogen) atoms. The Morgan fingerprint density at radius 3 is 2.47 bits per heavy atom. The third-order valence-corrected chi connectivity index (χ3v) is 6.65. The third-order valence-electron chi connectivity index (χ3n) is 4.90. The molecule has 2 aromatic rings. The van der Waals surface area contributed by atoms with Crippen LogP contribution in [0.4, 0.5) is 9.18 Å². The minimum absolute atomic E-state index is 0.00149. The van der Waals surface area contributed by atoms with Crippen molar-refractivity contribution in [3.63, 3.8) is 0 Å². The summed E-state index contributed by atoms with van der Waals surface area (Å²) in [5.41, 5.74) is 0.251. The van der Waals surface area contributed by atoms with E-state index in [0.29, 0.717) is 25.3 Å². The van der Waals surface area contributed by atoms with Gasteiger partial charge in [-0.15, -0.1) is 0 Å². The lowest BCUT2D eigenvalue weighted by atomic mass is 9.97. The highest BCUT2D eigenvalue weighted by Crippen LogP contribution is 2.36. The molecule has 6 nitrogen and oxygen atoms in total. The average molecular weight is 436 g/mol. The summed E-state index contributed by atoms with van der Waals surface area (Å²) < 4.78 is 50.1. The second-order valence-corrected chi connectivity index (χ2v) is 10.2. The van der Waals surface area contributed by atoms with E-state index in [-0.39, 0.29) is 21.8 Å². The molecule has 162 valence electrons. The highest BCUT2D eigenvalue weighted by molar-refractivity contribution is 7.91. The number of methoxy groups -OCH3 is 1. The molecule has 1 aliphatic heterocycles. The fraction of sp³-hybridized carbons (Fsp3) is 0.409. The quantitative estimate of drug-likeness (QED) is 0.712. The maximum Gasteiger partial charge on any atom is 0.410 e. The highest BCUT2D eigenvalue weighted by Gasteiger charge is 2.32. The largest absolute Gasteiger partial charge is 0.496 e. The van der Waals surface area contributed by atoms with E-state index in [0.717, 1.165) is 11.6 Å². The number of carbonyl (C=O) groups is 1. The first-order valence-electron chi connectivity index (χ1n) is 9.68. The van der Waals surface area contributed by atoms with Crippen molar-refractivity contribution >= 4 is 15.9 Å².